The molecule has 1 unspecified atom stereocenters. The molecule has 21 heavy (non-hydrogen) atoms. The molecule has 6 nitrogen and oxygen atoms in total. The summed E-state index contributed by atoms with van der Waals surface area (Å²) in [7, 11) is 1.56. The van der Waals surface area contributed by atoms with Crippen LogP contribution in [0, 0.1) is 0 Å². The number of benzene rings is 1. The predicted octanol–water partition coefficient (Wildman–Crippen LogP) is 0.678. The summed E-state index contributed by atoms with van der Waals surface area (Å²) in [4.78, 5) is 10.9. The first-order valence-corrected chi connectivity index (χ1v) is 6.81. The van der Waals surface area contributed by atoms with E-state index in [-0.39, 0.29) is 18.9 Å². The molecule has 1 atom stereocenters. The van der Waals surface area contributed by atoms with Gasteiger partial charge in [0.25, 0.3) is 0 Å². The molecule has 0 aliphatic carbocycles. The zero-order chi connectivity index (χ0) is 15.9. The van der Waals surface area contributed by atoms with E-state index in [2.05, 4.69) is 5.32 Å². The maximum Gasteiger partial charge on any atom is 0.219 e. The Morgan fingerprint density at radius 3 is 2.57 bits per heavy atom. The fourth-order valence-electron chi connectivity index (χ4n) is 1.88. The maximum atomic E-state index is 10.9. The van der Waals surface area contributed by atoms with E-state index < -0.39 is 11.6 Å². The number of para-hydroxylation sites is 2. The molecule has 0 saturated carbocycles. The van der Waals surface area contributed by atoms with Crippen molar-refractivity contribution in [1.82, 2.24) is 5.32 Å². The summed E-state index contributed by atoms with van der Waals surface area (Å²) in [6.07, 6.45) is -0.505. The summed E-state index contributed by atoms with van der Waals surface area (Å²) < 4.78 is 10.7. The number of nitrogens with one attached hydrogen (secondary N) is 1. The van der Waals surface area contributed by atoms with Gasteiger partial charge in [-0.3, -0.25) is 4.79 Å². The smallest absolute Gasteiger partial charge is 0.219 e. The monoisotopic (exact) mass is 296 g/mol. The van der Waals surface area contributed by atoms with E-state index >= 15 is 0 Å². The number of rotatable bonds is 9. The minimum atomic E-state index is -0.706. The highest BCUT2D eigenvalue weighted by Crippen LogP contribution is 2.25. The van der Waals surface area contributed by atoms with E-state index in [1.54, 1.807) is 19.2 Å². The van der Waals surface area contributed by atoms with Crippen LogP contribution in [-0.2, 0) is 4.79 Å². The Bertz CT molecular complexity index is 463. The van der Waals surface area contributed by atoms with Crippen LogP contribution < -0.4 is 20.5 Å². The molecular weight excluding hydrogens is 272 g/mol. The number of methoxy groups -OCH3 is 1. The van der Waals surface area contributed by atoms with E-state index in [0.29, 0.717) is 18.0 Å². The molecule has 0 spiro atoms. The lowest BCUT2D eigenvalue weighted by Crippen LogP contribution is -2.46. The van der Waals surface area contributed by atoms with Crippen LogP contribution in [0.3, 0.4) is 0 Å². The first-order valence-electron chi connectivity index (χ1n) is 6.81. The number of amides is 1. The van der Waals surface area contributed by atoms with Crippen molar-refractivity contribution in [2.45, 2.75) is 31.9 Å². The lowest BCUT2D eigenvalue weighted by Gasteiger charge is -2.26. The number of ether oxygens (including phenoxy) is 2. The van der Waals surface area contributed by atoms with E-state index in [0.717, 1.165) is 0 Å². The maximum absolute atomic E-state index is 10.9. The molecule has 1 amide bonds. The van der Waals surface area contributed by atoms with Crippen molar-refractivity contribution in [2.75, 3.05) is 20.3 Å². The van der Waals surface area contributed by atoms with Crippen molar-refractivity contribution in [3.05, 3.63) is 24.3 Å². The SMILES string of the molecule is COc1ccccc1OCC(O)CNC(C)(C)CC(N)=O. The van der Waals surface area contributed by atoms with Gasteiger partial charge >= 0.3 is 0 Å². The lowest BCUT2D eigenvalue weighted by atomic mass is 10.0. The van der Waals surface area contributed by atoms with E-state index in [9.17, 15) is 9.90 Å². The van der Waals surface area contributed by atoms with Crippen LogP contribution in [0.5, 0.6) is 11.5 Å². The highest BCUT2D eigenvalue weighted by Gasteiger charge is 2.21. The van der Waals surface area contributed by atoms with E-state index in [1.165, 1.54) is 0 Å². The van der Waals surface area contributed by atoms with Crippen molar-refractivity contribution in [3.63, 3.8) is 0 Å². The summed E-state index contributed by atoms with van der Waals surface area (Å²) in [5.74, 6) is 0.814. The highest BCUT2D eigenvalue weighted by molar-refractivity contribution is 5.74. The van der Waals surface area contributed by atoms with Gasteiger partial charge in [-0.2, -0.15) is 0 Å². The normalized spacial score (nSPS) is 12.8. The lowest BCUT2D eigenvalue weighted by molar-refractivity contribution is -0.119. The number of aliphatic hydroxyl groups is 1. The molecule has 118 valence electrons. The number of nitrogens with two attached hydrogens (primary N) is 1. The van der Waals surface area contributed by atoms with Gasteiger partial charge in [0, 0.05) is 18.5 Å². The van der Waals surface area contributed by atoms with Gasteiger partial charge < -0.3 is 25.6 Å². The number of carbonyl (C=O) groups is 1. The van der Waals surface area contributed by atoms with Crippen molar-refractivity contribution in [1.29, 1.82) is 0 Å². The van der Waals surface area contributed by atoms with E-state index in [4.69, 9.17) is 15.2 Å². The van der Waals surface area contributed by atoms with Crippen LogP contribution in [-0.4, -0.2) is 42.9 Å². The summed E-state index contributed by atoms with van der Waals surface area (Å²) in [6, 6.07) is 7.24. The third kappa shape index (κ3) is 6.46. The molecule has 0 aromatic heterocycles. The molecule has 0 radical (unpaired) electrons. The van der Waals surface area contributed by atoms with Crippen LogP contribution in [0.15, 0.2) is 24.3 Å². The minimum absolute atomic E-state index is 0.125. The Balaban J connectivity index is 2.40. The molecule has 1 aromatic rings. The fraction of sp³-hybridized carbons (Fsp3) is 0.533. The van der Waals surface area contributed by atoms with Gasteiger partial charge in [-0.15, -0.1) is 0 Å². The standard InChI is InChI=1S/C15H24N2O4/c1-15(2,8-14(16)19)17-9-11(18)10-21-13-7-5-4-6-12(13)20-3/h4-7,11,17-18H,8-10H2,1-3H3,(H2,16,19). The molecule has 0 saturated heterocycles. The summed E-state index contributed by atoms with van der Waals surface area (Å²) in [5, 5.41) is 13.0. The van der Waals surface area contributed by atoms with Gasteiger partial charge in [0.05, 0.1) is 7.11 Å². The Hall–Kier alpha value is -1.79. The molecular formula is C15H24N2O4. The molecule has 1 aromatic carbocycles. The second-order valence-electron chi connectivity index (χ2n) is 5.52. The van der Waals surface area contributed by atoms with Crippen molar-refractivity contribution < 1.29 is 19.4 Å². The van der Waals surface area contributed by atoms with Gasteiger partial charge in [-0.25, -0.2) is 0 Å². The molecule has 0 aliphatic heterocycles. The third-order valence-electron chi connectivity index (χ3n) is 2.93. The molecule has 6 heteroatoms. The van der Waals surface area contributed by atoms with Gasteiger partial charge in [-0.1, -0.05) is 12.1 Å². The number of primary amides is 1. The molecule has 4 N–H and O–H groups in total. The Morgan fingerprint density at radius 1 is 1.38 bits per heavy atom. The molecule has 0 fully saturated rings. The molecule has 1 rings (SSSR count). The third-order valence-corrected chi connectivity index (χ3v) is 2.93. The first kappa shape index (κ1) is 17.3. The van der Waals surface area contributed by atoms with Crippen LogP contribution in [0.25, 0.3) is 0 Å². The van der Waals surface area contributed by atoms with E-state index in [1.807, 2.05) is 26.0 Å². The Kier molecular flexibility index (Phi) is 6.45. The van der Waals surface area contributed by atoms with Gasteiger partial charge in [0.2, 0.25) is 5.91 Å². The molecule has 0 heterocycles. The molecule has 0 aliphatic rings. The largest absolute Gasteiger partial charge is 0.493 e. The fourth-order valence-corrected chi connectivity index (χ4v) is 1.88. The summed E-state index contributed by atoms with van der Waals surface area (Å²) in [5.41, 5.74) is 4.71. The van der Waals surface area contributed by atoms with Crippen LogP contribution in [0.1, 0.15) is 20.3 Å². The zero-order valence-corrected chi connectivity index (χ0v) is 12.8. The van der Waals surface area contributed by atoms with Gasteiger partial charge in [0.1, 0.15) is 12.7 Å². The first-order chi connectivity index (χ1) is 9.84. The number of β-amino-alcohol motifs (C(OH)–C–C–N with tert-alkyl or cyclic N) is 1. The quantitative estimate of drug-likeness (QED) is 0.623. The number of hydrogen-bond acceptors (Lipinski definition) is 5. The summed E-state index contributed by atoms with van der Waals surface area (Å²) in [6.45, 7) is 4.13. The second kappa shape index (κ2) is 7.85. The zero-order valence-electron chi connectivity index (χ0n) is 12.8. The summed E-state index contributed by atoms with van der Waals surface area (Å²) >= 11 is 0. The average Bonchev–Trinajstić information content (AvgIpc) is 2.42. The van der Waals surface area contributed by atoms with Gasteiger partial charge in [0.15, 0.2) is 11.5 Å². The number of hydrogen-bond donors (Lipinski definition) is 3. The van der Waals surface area contributed by atoms with Crippen LogP contribution in [0.4, 0.5) is 0 Å². The topological polar surface area (TPSA) is 93.8 Å². The second-order valence-corrected chi connectivity index (χ2v) is 5.52. The Labute approximate surface area is 125 Å². The minimum Gasteiger partial charge on any atom is -0.493 e. The van der Waals surface area contributed by atoms with Gasteiger partial charge in [-0.05, 0) is 26.0 Å². The number of aliphatic hydroxyl groups excluding tert-OH is 1. The Morgan fingerprint density at radius 2 is 2.00 bits per heavy atom. The number of carbonyl (C=O) groups excluding carboxylic acids is 1. The van der Waals surface area contributed by atoms with Crippen molar-refractivity contribution >= 4 is 5.91 Å². The van der Waals surface area contributed by atoms with Crippen molar-refractivity contribution in [3.8, 4) is 11.5 Å². The highest BCUT2D eigenvalue weighted by atomic mass is 16.5. The molecule has 0 bridgehead atoms. The van der Waals surface area contributed by atoms with Crippen LogP contribution >= 0.6 is 0 Å². The van der Waals surface area contributed by atoms with Crippen LogP contribution in [0.2, 0.25) is 0 Å². The average molecular weight is 296 g/mol. The predicted molar refractivity (Wildman–Crippen MR) is 80.4 cm³/mol. The van der Waals surface area contributed by atoms with Crippen molar-refractivity contribution in [2.24, 2.45) is 5.73 Å².